The average molecular weight is 529 g/mol. The summed E-state index contributed by atoms with van der Waals surface area (Å²) in [6, 6.07) is 24.4. The highest BCUT2D eigenvalue weighted by molar-refractivity contribution is 8.00. The number of anilines is 1. The Balaban J connectivity index is 1.58. The van der Waals surface area contributed by atoms with Crippen LogP contribution in [0.3, 0.4) is 0 Å². The zero-order valence-corrected chi connectivity index (χ0v) is 20.9. The third-order valence-electron chi connectivity index (χ3n) is 5.23. The summed E-state index contributed by atoms with van der Waals surface area (Å²) < 4.78 is 42.1. The molecular weight excluding hydrogens is 505 g/mol. The van der Waals surface area contributed by atoms with Gasteiger partial charge in [0, 0.05) is 10.6 Å². The molecule has 0 saturated heterocycles. The lowest BCUT2D eigenvalue weighted by molar-refractivity contribution is -0.137. The number of carbonyl (C=O) groups is 1. The van der Waals surface area contributed by atoms with Crippen LogP contribution >= 0.6 is 23.5 Å². The highest BCUT2D eigenvalue weighted by atomic mass is 32.2. The lowest BCUT2D eigenvalue weighted by Gasteiger charge is -2.18. The van der Waals surface area contributed by atoms with Crippen LogP contribution in [0.1, 0.15) is 24.7 Å². The van der Waals surface area contributed by atoms with Gasteiger partial charge in [-0.2, -0.15) is 13.2 Å². The summed E-state index contributed by atoms with van der Waals surface area (Å²) in [5, 5.41) is 11.0. The van der Waals surface area contributed by atoms with E-state index in [0.717, 1.165) is 16.6 Å². The van der Waals surface area contributed by atoms with E-state index in [1.54, 1.807) is 11.8 Å². The second kappa shape index (κ2) is 11.7. The van der Waals surface area contributed by atoms with E-state index in [9.17, 15) is 18.0 Å². The average Bonchev–Trinajstić information content (AvgIpc) is 3.29. The van der Waals surface area contributed by atoms with Crippen molar-refractivity contribution in [3.8, 4) is 5.69 Å². The number of amides is 1. The summed E-state index contributed by atoms with van der Waals surface area (Å²) in [6.45, 7) is 1.81. The van der Waals surface area contributed by atoms with Gasteiger partial charge in [-0.25, -0.2) is 0 Å². The van der Waals surface area contributed by atoms with Crippen LogP contribution in [-0.4, -0.2) is 25.9 Å². The normalized spacial score (nSPS) is 12.3. The molecule has 4 rings (SSSR count). The number of aromatic nitrogens is 3. The van der Waals surface area contributed by atoms with Crippen molar-refractivity contribution < 1.29 is 18.0 Å². The first-order valence-corrected chi connectivity index (χ1v) is 13.0. The minimum atomic E-state index is -4.57. The molecule has 36 heavy (non-hydrogen) atoms. The van der Waals surface area contributed by atoms with E-state index in [0.29, 0.717) is 23.2 Å². The number of para-hydroxylation sites is 2. The maximum Gasteiger partial charge on any atom is 0.418 e. The van der Waals surface area contributed by atoms with Gasteiger partial charge in [0.1, 0.15) is 5.82 Å². The fourth-order valence-electron chi connectivity index (χ4n) is 3.47. The monoisotopic (exact) mass is 528 g/mol. The molecule has 0 fully saturated rings. The molecule has 0 aliphatic carbocycles. The third-order valence-corrected chi connectivity index (χ3v) is 7.54. The van der Waals surface area contributed by atoms with Gasteiger partial charge in [0.25, 0.3) is 0 Å². The van der Waals surface area contributed by atoms with Crippen LogP contribution in [0.25, 0.3) is 5.69 Å². The molecular formula is C26H23F3N4OS2. The SMILES string of the molecule is CCC(Sc1nnc(CSc2ccccc2)n1-c1ccccc1)C(=O)Nc1ccccc1C(F)(F)F. The Labute approximate surface area is 215 Å². The number of carbonyl (C=O) groups excluding carboxylic acids is 1. The molecule has 10 heteroatoms. The van der Waals surface area contributed by atoms with E-state index in [1.807, 2.05) is 72.2 Å². The van der Waals surface area contributed by atoms with Gasteiger partial charge < -0.3 is 5.32 Å². The van der Waals surface area contributed by atoms with Crippen molar-refractivity contribution in [2.45, 2.75) is 40.6 Å². The number of nitrogens with zero attached hydrogens (tertiary/aromatic N) is 3. The fraction of sp³-hybridized carbons (Fsp3) is 0.192. The van der Waals surface area contributed by atoms with Gasteiger partial charge in [-0.05, 0) is 42.8 Å². The number of halogens is 3. The van der Waals surface area contributed by atoms with Crippen molar-refractivity contribution in [2.75, 3.05) is 5.32 Å². The molecule has 0 aliphatic heterocycles. The molecule has 4 aromatic rings. The molecule has 0 saturated carbocycles. The van der Waals surface area contributed by atoms with Gasteiger partial charge >= 0.3 is 6.18 Å². The molecule has 186 valence electrons. The predicted octanol–water partition coefficient (Wildman–Crippen LogP) is 7.09. The Morgan fingerprint density at radius 2 is 1.58 bits per heavy atom. The Kier molecular flexibility index (Phi) is 8.37. The molecule has 0 bridgehead atoms. The molecule has 0 radical (unpaired) electrons. The van der Waals surface area contributed by atoms with Gasteiger partial charge in [0.05, 0.1) is 22.3 Å². The molecule has 1 atom stereocenters. The number of hydrogen-bond donors (Lipinski definition) is 1. The first kappa shape index (κ1) is 25.8. The summed E-state index contributed by atoms with van der Waals surface area (Å²) >= 11 is 2.79. The Morgan fingerprint density at radius 3 is 2.25 bits per heavy atom. The quantitative estimate of drug-likeness (QED) is 0.235. The topological polar surface area (TPSA) is 59.8 Å². The van der Waals surface area contributed by atoms with Crippen LogP contribution in [0, 0.1) is 0 Å². The number of benzene rings is 3. The predicted molar refractivity (Wildman–Crippen MR) is 137 cm³/mol. The summed E-state index contributed by atoms with van der Waals surface area (Å²) in [5.41, 5.74) is -0.309. The number of hydrogen-bond acceptors (Lipinski definition) is 5. The van der Waals surface area contributed by atoms with Crippen molar-refractivity contribution in [1.29, 1.82) is 0 Å². The maximum absolute atomic E-state index is 13.4. The molecule has 5 nitrogen and oxygen atoms in total. The first-order chi connectivity index (χ1) is 17.4. The van der Waals surface area contributed by atoms with Crippen LogP contribution in [0.2, 0.25) is 0 Å². The van der Waals surface area contributed by atoms with Crippen molar-refractivity contribution in [1.82, 2.24) is 14.8 Å². The van der Waals surface area contributed by atoms with Crippen molar-refractivity contribution in [3.05, 3.63) is 96.3 Å². The molecule has 3 aromatic carbocycles. The summed E-state index contributed by atoms with van der Waals surface area (Å²) in [5.74, 6) is 0.728. The molecule has 1 unspecified atom stereocenters. The smallest absolute Gasteiger partial charge is 0.325 e. The summed E-state index contributed by atoms with van der Waals surface area (Å²) in [7, 11) is 0. The van der Waals surface area contributed by atoms with E-state index in [4.69, 9.17) is 0 Å². The maximum atomic E-state index is 13.4. The standard InChI is InChI=1S/C26H23F3N4OS2/c1-2-22(24(34)30-21-16-10-9-15-20(21)26(27,28)29)36-25-32-31-23(17-35-19-13-7-4-8-14-19)33(25)18-11-5-3-6-12-18/h3-16,22H,2,17H2,1H3,(H,30,34). The van der Waals surface area contributed by atoms with Gasteiger partial charge in [-0.3, -0.25) is 9.36 Å². The second-order valence-electron chi connectivity index (χ2n) is 7.72. The molecule has 1 heterocycles. The minimum absolute atomic E-state index is 0.265. The van der Waals surface area contributed by atoms with Crippen LogP contribution < -0.4 is 5.32 Å². The second-order valence-corrected chi connectivity index (χ2v) is 9.94. The highest BCUT2D eigenvalue weighted by Crippen LogP contribution is 2.36. The molecule has 0 aliphatic rings. The molecule has 1 aromatic heterocycles. The van der Waals surface area contributed by atoms with Crippen molar-refractivity contribution >= 4 is 35.1 Å². The zero-order valence-electron chi connectivity index (χ0n) is 19.3. The van der Waals surface area contributed by atoms with E-state index in [-0.39, 0.29) is 5.69 Å². The summed E-state index contributed by atoms with van der Waals surface area (Å²) in [6.07, 6.45) is -4.18. The Hall–Kier alpha value is -3.24. The van der Waals surface area contributed by atoms with Crippen LogP contribution in [-0.2, 0) is 16.7 Å². The zero-order chi connectivity index (χ0) is 25.5. The van der Waals surface area contributed by atoms with Crippen LogP contribution in [0.5, 0.6) is 0 Å². The lowest BCUT2D eigenvalue weighted by atomic mass is 10.1. The number of rotatable bonds is 9. The minimum Gasteiger partial charge on any atom is -0.325 e. The summed E-state index contributed by atoms with van der Waals surface area (Å²) in [4.78, 5) is 14.1. The van der Waals surface area contributed by atoms with Gasteiger partial charge in [0.15, 0.2) is 5.16 Å². The van der Waals surface area contributed by atoms with Gasteiger partial charge in [0.2, 0.25) is 5.91 Å². The van der Waals surface area contributed by atoms with E-state index in [2.05, 4.69) is 15.5 Å². The van der Waals surface area contributed by atoms with Gasteiger partial charge in [-0.1, -0.05) is 67.2 Å². The number of thioether (sulfide) groups is 2. The highest BCUT2D eigenvalue weighted by Gasteiger charge is 2.34. The third kappa shape index (κ3) is 6.30. The largest absolute Gasteiger partial charge is 0.418 e. The Bertz CT molecular complexity index is 1300. The van der Waals surface area contributed by atoms with Crippen molar-refractivity contribution in [2.24, 2.45) is 0 Å². The fourth-order valence-corrected chi connectivity index (χ4v) is 5.30. The molecule has 1 N–H and O–H groups in total. The molecule has 1 amide bonds. The van der Waals surface area contributed by atoms with Gasteiger partial charge in [-0.15, -0.1) is 22.0 Å². The van der Waals surface area contributed by atoms with E-state index >= 15 is 0 Å². The van der Waals surface area contributed by atoms with Crippen molar-refractivity contribution in [3.63, 3.8) is 0 Å². The molecule has 0 spiro atoms. The van der Waals surface area contributed by atoms with Crippen LogP contribution in [0.4, 0.5) is 18.9 Å². The lowest BCUT2D eigenvalue weighted by Crippen LogP contribution is -2.26. The van der Waals surface area contributed by atoms with E-state index in [1.165, 1.54) is 30.0 Å². The Morgan fingerprint density at radius 1 is 0.944 bits per heavy atom. The first-order valence-electron chi connectivity index (χ1n) is 11.2. The van der Waals surface area contributed by atoms with E-state index < -0.39 is 22.9 Å². The van der Waals surface area contributed by atoms with Crippen LogP contribution in [0.15, 0.2) is 95.0 Å². The number of alkyl halides is 3. The number of nitrogens with one attached hydrogen (secondary N) is 1.